The first kappa shape index (κ1) is 9.34. The lowest BCUT2D eigenvalue weighted by Crippen LogP contribution is -2.03. The van der Waals surface area contributed by atoms with Gasteiger partial charge in [-0.2, -0.15) is 0 Å². The van der Waals surface area contributed by atoms with Crippen LogP contribution < -0.4 is 0 Å². The Morgan fingerprint density at radius 2 is 2.00 bits per heavy atom. The summed E-state index contributed by atoms with van der Waals surface area (Å²) in [6.45, 7) is 0. The standard InChI is InChI=1S/C13H14NS/c1-2-5-10(6-3-1)13-9-11-12(15-13)7-4-8-14-11/h4,7-9H,1-3,5-6H2. The minimum Gasteiger partial charge on any atom is -0.255 e. The van der Waals surface area contributed by atoms with Gasteiger partial charge in [-0.1, -0.05) is 19.3 Å². The van der Waals surface area contributed by atoms with Crippen LogP contribution in [0.2, 0.25) is 0 Å². The predicted molar refractivity (Wildman–Crippen MR) is 65.1 cm³/mol. The molecule has 77 valence electrons. The molecule has 0 N–H and O–H groups in total. The van der Waals surface area contributed by atoms with Gasteiger partial charge in [0.1, 0.15) is 0 Å². The van der Waals surface area contributed by atoms with Crippen molar-refractivity contribution in [1.29, 1.82) is 0 Å². The lowest BCUT2D eigenvalue weighted by Gasteiger charge is -2.19. The van der Waals surface area contributed by atoms with Crippen molar-refractivity contribution >= 4 is 21.6 Å². The van der Waals surface area contributed by atoms with Crippen molar-refractivity contribution in [1.82, 2.24) is 4.98 Å². The maximum Gasteiger partial charge on any atom is 0.0812 e. The van der Waals surface area contributed by atoms with Crippen molar-refractivity contribution < 1.29 is 0 Å². The molecule has 0 saturated heterocycles. The molecule has 2 heteroatoms. The minimum atomic E-state index is 1.16. The van der Waals surface area contributed by atoms with Crippen molar-refractivity contribution in [2.24, 2.45) is 0 Å². The van der Waals surface area contributed by atoms with Crippen molar-refractivity contribution in [3.63, 3.8) is 0 Å². The molecular formula is C13H14NS. The van der Waals surface area contributed by atoms with Crippen LogP contribution in [-0.2, 0) is 0 Å². The number of rotatable bonds is 1. The molecule has 3 rings (SSSR count). The number of aromatic nitrogens is 1. The number of pyridine rings is 1. The topological polar surface area (TPSA) is 12.9 Å². The molecule has 0 unspecified atom stereocenters. The summed E-state index contributed by atoms with van der Waals surface area (Å²) >= 11 is 1.90. The Bertz CT molecular complexity index is 421. The van der Waals surface area contributed by atoms with E-state index in [0.717, 1.165) is 5.52 Å². The maximum absolute atomic E-state index is 4.39. The first-order valence-corrected chi connectivity index (χ1v) is 6.45. The van der Waals surface area contributed by atoms with Crippen LogP contribution in [-0.4, -0.2) is 4.98 Å². The van der Waals surface area contributed by atoms with Gasteiger partial charge in [-0.25, -0.2) is 0 Å². The summed E-state index contributed by atoms with van der Waals surface area (Å²) in [7, 11) is 0. The van der Waals surface area contributed by atoms with Gasteiger partial charge in [0.05, 0.1) is 10.2 Å². The van der Waals surface area contributed by atoms with Crippen LogP contribution in [0.15, 0.2) is 24.4 Å². The Balaban J connectivity index is 1.96. The molecule has 1 fully saturated rings. The summed E-state index contributed by atoms with van der Waals surface area (Å²) in [5.41, 5.74) is 1.16. The van der Waals surface area contributed by atoms with E-state index in [9.17, 15) is 0 Å². The smallest absolute Gasteiger partial charge is 0.0812 e. The van der Waals surface area contributed by atoms with E-state index in [0.29, 0.717) is 0 Å². The van der Waals surface area contributed by atoms with Gasteiger partial charge >= 0.3 is 0 Å². The van der Waals surface area contributed by atoms with Crippen molar-refractivity contribution in [3.05, 3.63) is 35.2 Å². The molecule has 2 aromatic rings. The number of hydrogen-bond acceptors (Lipinski definition) is 2. The molecule has 0 spiro atoms. The molecule has 0 atom stereocenters. The van der Waals surface area contributed by atoms with E-state index in [1.54, 1.807) is 5.92 Å². The lowest BCUT2D eigenvalue weighted by molar-refractivity contribution is 0.554. The van der Waals surface area contributed by atoms with Gasteiger partial charge in [0.25, 0.3) is 0 Å². The van der Waals surface area contributed by atoms with E-state index in [1.807, 2.05) is 23.6 Å². The van der Waals surface area contributed by atoms with Gasteiger partial charge in [0.15, 0.2) is 0 Å². The molecule has 0 bridgehead atoms. The van der Waals surface area contributed by atoms with Crippen LogP contribution in [0.5, 0.6) is 0 Å². The highest BCUT2D eigenvalue weighted by Gasteiger charge is 2.18. The SMILES string of the molecule is c1cnc2cc([C]3CCCCC3)sc2c1. The van der Waals surface area contributed by atoms with Crippen molar-refractivity contribution in [3.8, 4) is 0 Å². The summed E-state index contributed by atoms with van der Waals surface area (Å²) in [6.07, 6.45) is 8.63. The van der Waals surface area contributed by atoms with E-state index in [4.69, 9.17) is 0 Å². The van der Waals surface area contributed by atoms with Crippen LogP contribution >= 0.6 is 11.3 Å². The maximum atomic E-state index is 4.39. The second-order valence-corrected chi connectivity index (χ2v) is 5.25. The Labute approximate surface area is 94.2 Å². The molecule has 0 amide bonds. The minimum absolute atomic E-state index is 1.16. The average molecular weight is 216 g/mol. The first-order chi connectivity index (χ1) is 7.43. The number of hydrogen-bond donors (Lipinski definition) is 0. The Kier molecular flexibility index (Phi) is 2.45. The van der Waals surface area contributed by atoms with Gasteiger partial charge in [0.2, 0.25) is 0 Å². The van der Waals surface area contributed by atoms with Crippen LogP contribution in [0.1, 0.15) is 37.0 Å². The number of thiophene rings is 1. The Morgan fingerprint density at radius 1 is 1.13 bits per heavy atom. The highest BCUT2D eigenvalue weighted by atomic mass is 32.1. The molecule has 2 heterocycles. The largest absolute Gasteiger partial charge is 0.255 e. The van der Waals surface area contributed by atoms with Gasteiger partial charge in [0, 0.05) is 17.0 Å². The van der Waals surface area contributed by atoms with Crippen LogP contribution in [0, 0.1) is 5.92 Å². The third-order valence-electron chi connectivity index (χ3n) is 3.09. The van der Waals surface area contributed by atoms with Gasteiger partial charge in [-0.05, 0) is 31.0 Å². The highest BCUT2D eigenvalue weighted by Crippen LogP contribution is 2.37. The van der Waals surface area contributed by atoms with E-state index in [-0.39, 0.29) is 0 Å². The fourth-order valence-corrected chi connectivity index (χ4v) is 3.39. The van der Waals surface area contributed by atoms with E-state index >= 15 is 0 Å². The van der Waals surface area contributed by atoms with Crippen LogP contribution in [0.25, 0.3) is 10.2 Å². The van der Waals surface area contributed by atoms with Crippen molar-refractivity contribution in [2.75, 3.05) is 0 Å². The number of nitrogens with zero attached hydrogens (tertiary/aromatic N) is 1. The first-order valence-electron chi connectivity index (χ1n) is 5.63. The molecule has 1 aliphatic rings. The summed E-state index contributed by atoms with van der Waals surface area (Å²) in [5, 5.41) is 0. The Morgan fingerprint density at radius 3 is 2.80 bits per heavy atom. The predicted octanol–water partition coefficient (Wildman–Crippen LogP) is 4.18. The van der Waals surface area contributed by atoms with E-state index < -0.39 is 0 Å². The summed E-state index contributed by atoms with van der Waals surface area (Å²) in [5.74, 6) is 1.66. The lowest BCUT2D eigenvalue weighted by atomic mass is 9.88. The molecule has 15 heavy (non-hydrogen) atoms. The summed E-state index contributed by atoms with van der Waals surface area (Å²) in [6, 6.07) is 6.45. The van der Waals surface area contributed by atoms with E-state index in [1.165, 1.54) is 41.7 Å². The fourth-order valence-electron chi connectivity index (χ4n) is 2.27. The van der Waals surface area contributed by atoms with Crippen molar-refractivity contribution in [2.45, 2.75) is 32.1 Å². The quantitative estimate of drug-likeness (QED) is 0.696. The second kappa shape index (κ2) is 3.93. The molecule has 1 saturated carbocycles. The molecule has 2 aromatic heterocycles. The molecule has 0 aliphatic heterocycles. The monoisotopic (exact) mass is 216 g/mol. The number of fused-ring (bicyclic) bond motifs is 1. The molecule has 0 aromatic carbocycles. The van der Waals surface area contributed by atoms with Gasteiger partial charge in [-0.3, -0.25) is 4.98 Å². The summed E-state index contributed by atoms with van der Waals surface area (Å²) in [4.78, 5) is 5.87. The van der Waals surface area contributed by atoms with Gasteiger partial charge < -0.3 is 0 Å². The fraction of sp³-hybridized carbons (Fsp3) is 0.385. The van der Waals surface area contributed by atoms with Crippen LogP contribution in [0.4, 0.5) is 0 Å². The third kappa shape index (κ3) is 1.78. The summed E-state index contributed by atoms with van der Waals surface area (Å²) < 4.78 is 1.32. The zero-order valence-corrected chi connectivity index (χ0v) is 9.52. The van der Waals surface area contributed by atoms with Gasteiger partial charge in [-0.15, -0.1) is 11.3 Å². The third-order valence-corrected chi connectivity index (χ3v) is 4.28. The molecule has 1 aliphatic carbocycles. The van der Waals surface area contributed by atoms with E-state index in [2.05, 4.69) is 17.1 Å². The van der Waals surface area contributed by atoms with Crippen LogP contribution in [0.3, 0.4) is 0 Å². The average Bonchev–Trinajstić information content (AvgIpc) is 2.74. The normalized spacial score (nSPS) is 18.4. The zero-order valence-electron chi connectivity index (χ0n) is 8.70. The second-order valence-electron chi connectivity index (χ2n) is 4.16. The Hall–Kier alpha value is -0.890. The highest BCUT2D eigenvalue weighted by molar-refractivity contribution is 7.19. The molecule has 1 nitrogen and oxygen atoms in total. The molecule has 1 radical (unpaired) electrons. The zero-order chi connectivity index (χ0) is 10.1. The molecular weight excluding hydrogens is 202 g/mol.